The second-order valence-electron chi connectivity index (χ2n) is 15.1. The zero-order valence-corrected chi connectivity index (χ0v) is 32.4. The summed E-state index contributed by atoms with van der Waals surface area (Å²) in [5, 5.41) is 74.7. The molecule has 0 aromatic carbocycles. The van der Waals surface area contributed by atoms with Crippen LogP contribution in [0.4, 0.5) is 0 Å². The smallest absolute Gasteiger partial charge is 0.249 e. The third kappa shape index (κ3) is 22.2. The highest BCUT2D eigenvalue weighted by Crippen LogP contribution is 2.23. The SMILES string of the molecule is CCCCCCCCCCCCCCCCCCCCCCC(O)C(=O)NC(COC1OC(CO)C(O)C(O)C1O)C(O)C(O)CCCCCC. The van der Waals surface area contributed by atoms with Gasteiger partial charge < -0.3 is 50.5 Å². The molecule has 9 unspecified atom stereocenters. The molecule has 0 aromatic heterocycles. The first kappa shape index (κ1) is 48.1. The lowest BCUT2D eigenvalue weighted by Crippen LogP contribution is -2.60. The third-order valence-electron chi connectivity index (χ3n) is 10.4. The molecule has 11 nitrogen and oxygen atoms in total. The minimum absolute atomic E-state index is 0.265. The molecule has 51 heavy (non-hydrogen) atoms. The van der Waals surface area contributed by atoms with Gasteiger partial charge in [0.15, 0.2) is 6.29 Å². The Labute approximate surface area is 309 Å². The summed E-state index contributed by atoms with van der Waals surface area (Å²) >= 11 is 0. The Hall–Kier alpha value is -0.890. The number of nitrogens with one attached hydrogen (secondary N) is 1. The average Bonchev–Trinajstić information content (AvgIpc) is 3.13. The molecule has 0 bridgehead atoms. The molecule has 9 atom stereocenters. The van der Waals surface area contributed by atoms with Crippen LogP contribution in [0.15, 0.2) is 0 Å². The zero-order valence-electron chi connectivity index (χ0n) is 32.4. The van der Waals surface area contributed by atoms with Gasteiger partial charge in [-0.15, -0.1) is 0 Å². The highest BCUT2D eigenvalue weighted by atomic mass is 16.7. The molecule has 1 aliphatic heterocycles. The number of carbonyl (C=O) groups is 1. The topological polar surface area (TPSA) is 189 Å². The number of hydrogen-bond acceptors (Lipinski definition) is 10. The van der Waals surface area contributed by atoms with Crippen LogP contribution in [0.3, 0.4) is 0 Å². The van der Waals surface area contributed by atoms with Crippen LogP contribution in [-0.4, -0.2) is 110 Å². The second-order valence-corrected chi connectivity index (χ2v) is 15.1. The summed E-state index contributed by atoms with van der Waals surface area (Å²) in [5.74, 6) is -0.701. The highest BCUT2D eigenvalue weighted by molar-refractivity contribution is 5.80. The molecule has 1 heterocycles. The lowest BCUT2D eigenvalue weighted by molar-refractivity contribution is -0.303. The Morgan fingerprint density at radius 2 is 1.02 bits per heavy atom. The number of carbonyl (C=O) groups excluding carboxylic acids is 1. The van der Waals surface area contributed by atoms with Crippen LogP contribution in [0.5, 0.6) is 0 Å². The molecule has 1 saturated heterocycles. The monoisotopic (exact) mass is 734 g/mol. The molecule has 0 spiro atoms. The fraction of sp³-hybridized carbons (Fsp3) is 0.975. The number of unbranched alkanes of at least 4 members (excludes halogenated alkanes) is 22. The lowest BCUT2D eigenvalue weighted by atomic mass is 9.98. The first-order chi connectivity index (χ1) is 24.7. The number of aliphatic hydroxyl groups excluding tert-OH is 7. The summed E-state index contributed by atoms with van der Waals surface area (Å²) in [6, 6.07) is -1.16. The van der Waals surface area contributed by atoms with Crippen LogP contribution in [0, 0.1) is 0 Å². The Kier molecular flexibility index (Phi) is 29.7. The molecule has 1 rings (SSSR count). The highest BCUT2D eigenvalue weighted by Gasteiger charge is 2.44. The summed E-state index contributed by atoms with van der Waals surface area (Å²) in [7, 11) is 0. The minimum Gasteiger partial charge on any atom is -0.394 e. The summed E-state index contributed by atoms with van der Waals surface area (Å²) in [6.07, 6.45) is 18.2. The van der Waals surface area contributed by atoms with Gasteiger partial charge in [0.1, 0.15) is 36.6 Å². The van der Waals surface area contributed by atoms with Crippen molar-refractivity contribution in [2.45, 2.75) is 236 Å². The van der Waals surface area contributed by atoms with E-state index in [0.717, 1.165) is 38.5 Å². The molecule has 0 aromatic rings. The molecule has 1 amide bonds. The Morgan fingerprint density at radius 3 is 1.47 bits per heavy atom. The fourth-order valence-electron chi connectivity index (χ4n) is 6.85. The predicted octanol–water partition coefficient (Wildman–Crippen LogP) is 5.55. The van der Waals surface area contributed by atoms with Gasteiger partial charge in [-0.1, -0.05) is 168 Å². The van der Waals surface area contributed by atoms with E-state index < -0.39 is 74.2 Å². The van der Waals surface area contributed by atoms with E-state index in [1.165, 1.54) is 103 Å². The number of ether oxygens (including phenoxy) is 2. The van der Waals surface area contributed by atoms with Crippen molar-refractivity contribution < 1.29 is 50.0 Å². The second kappa shape index (κ2) is 31.5. The molecule has 1 aliphatic rings. The molecule has 0 radical (unpaired) electrons. The number of rotatable bonds is 34. The van der Waals surface area contributed by atoms with Gasteiger partial charge in [-0.25, -0.2) is 0 Å². The van der Waals surface area contributed by atoms with E-state index in [2.05, 4.69) is 19.2 Å². The predicted molar refractivity (Wildman–Crippen MR) is 201 cm³/mol. The average molecular weight is 734 g/mol. The fourth-order valence-corrected chi connectivity index (χ4v) is 6.85. The molecule has 0 saturated carbocycles. The van der Waals surface area contributed by atoms with Crippen LogP contribution in [0.25, 0.3) is 0 Å². The number of aliphatic hydroxyl groups is 7. The van der Waals surface area contributed by atoms with Gasteiger partial charge >= 0.3 is 0 Å². The maximum atomic E-state index is 12.9. The van der Waals surface area contributed by atoms with E-state index in [-0.39, 0.29) is 6.42 Å². The lowest BCUT2D eigenvalue weighted by Gasteiger charge is -2.40. The van der Waals surface area contributed by atoms with E-state index in [9.17, 15) is 40.5 Å². The zero-order chi connectivity index (χ0) is 37.7. The molecule has 304 valence electrons. The first-order valence-corrected chi connectivity index (χ1v) is 20.9. The molecule has 1 fully saturated rings. The van der Waals surface area contributed by atoms with Gasteiger partial charge in [0.25, 0.3) is 0 Å². The minimum atomic E-state index is -1.65. The van der Waals surface area contributed by atoms with Gasteiger partial charge in [-0.3, -0.25) is 4.79 Å². The van der Waals surface area contributed by atoms with Crippen molar-refractivity contribution in [2.24, 2.45) is 0 Å². The number of amides is 1. The van der Waals surface area contributed by atoms with Crippen LogP contribution in [0.1, 0.15) is 181 Å². The summed E-state index contributed by atoms with van der Waals surface area (Å²) in [6.45, 7) is 3.29. The van der Waals surface area contributed by atoms with Crippen molar-refractivity contribution >= 4 is 5.91 Å². The normalized spacial score (nSPS) is 23.2. The van der Waals surface area contributed by atoms with Gasteiger partial charge in [0, 0.05) is 0 Å². The summed E-state index contributed by atoms with van der Waals surface area (Å²) in [4.78, 5) is 12.9. The van der Waals surface area contributed by atoms with Crippen LogP contribution < -0.4 is 5.32 Å². The molecule has 11 heteroatoms. The Morgan fingerprint density at radius 1 is 0.608 bits per heavy atom. The third-order valence-corrected chi connectivity index (χ3v) is 10.4. The maximum absolute atomic E-state index is 12.9. The standard InChI is InChI=1S/C40H79NO10/c1-3-5-7-9-10-11-12-13-14-15-16-17-18-19-20-21-22-23-24-26-28-33(44)39(49)41-31(35(45)32(43)27-25-8-6-4-2)30-50-40-38(48)37(47)36(46)34(29-42)51-40/h31-38,40,42-48H,3-30H2,1-2H3,(H,41,49). The Bertz CT molecular complexity index is 805. The van der Waals surface area contributed by atoms with Crippen molar-refractivity contribution in [2.75, 3.05) is 13.2 Å². The van der Waals surface area contributed by atoms with Crippen LogP contribution >= 0.6 is 0 Å². The summed E-state index contributed by atoms with van der Waals surface area (Å²) in [5.41, 5.74) is 0. The van der Waals surface area contributed by atoms with E-state index in [1.807, 2.05) is 0 Å². The van der Waals surface area contributed by atoms with E-state index in [4.69, 9.17) is 9.47 Å². The van der Waals surface area contributed by atoms with Crippen LogP contribution in [-0.2, 0) is 14.3 Å². The van der Waals surface area contributed by atoms with Crippen molar-refractivity contribution in [3.05, 3.63) is 0 Å². The molecular weight excluding hydrogens is 654 g/mol. The van der Waals surface area contributed by atoms with E-state index in [1.54, 1.807) is 0 Å². The largest absolute Gasteiger partial charge is 0.394 e. The van der Waals surface area contributed by atoms with Crippen molar-refractivity contribution in [1.29, 1.82) is 0 Å². The van der Waals surface area contributed by atoms with Crippen LogP contribution in [0.2, 0.25) is 0 Å². The van der Waals surface area contributed by atoms with Gasteiger partial charge in [0.2, 0.25) is 5.91 Å². The number of hydrogen-bond donors (Lipinski definition) is 8. The quantitative estimate of drug-likeness (QED) is 0.0390. The Balaban J connectivity index is 2.30. The van der Waals surface area contributed by atoms with Crippen molar-refractivity contribution in [3.63, 3.8) is 0 Å². The van der Waals surface area contributed by atoms with Crippen molar-refractivity contribution in [3.8, 4) is 0 Å². The van der Waals surface area contributed by atoms with E-state index in [0.29, 0.717) is 19.3 Å². The van der Waals surface area contributed by atoms with Gasteiger partial charge in [-0.05, 0) is 12.8 Å². The molecular formula is C40H79NO10. The first-order valence-electron chi connectivity index (χ1n) is 20.9. The van der Waals surface area contributed by atoms with Crippen molar-refractivity contribution in [1.82, 2.24) is 5.32 Å². The van der Waals surface area contributed by atoms with Gasteiger partial charge in [0.05, 0.1) is 25.4 Å². The maximum Gasteiger partial charge on any atom is 0.249 e. The molecule has 0 aliphatic carbocycles. The summed E-state index contributed by atoms with van der Waals surface area (Å²) < 4.78 is 11.0. The van der Waals surface area contributed by atoms with E-state index >= 15 is 0 Å². The van der Waals surface area contributed by atoms with Gasteiger partial charge in [-0.2, -0.15) is 0 Å². The molecule has 8 N–H and O–H groups in total.